The number of piperidine rings is 1. The van der Waals surface area contributed by atoms with Gasteiger partial charge < -0.3 is 5.32 Å². The maximum atomic E-state index is 3.86. The molecular weight excluding hydrogens is 160 g/mol. The van der Waals surface area contributed by atoms with Crippen LogP contribution >= 0.6 is 0 Å². The minimum absolute atomic E-state index is 0.509. The second kappa shape index (κ2) is 5.40. The zero-order chi connectivity index (χ0) is 9.68. The van der Waals surface area contributed by atoms with E-state index in [0.29, 0.717) is 12.1 Å². The van der Waals surface area contributed by atoms with Gasteiger partial charge in [0.05, 0.1) is 0 Å². The number of nitrogens with zero attached hydrogens (tertiary/aromatic N) is 1. The lowest BCUT2D eigenvalue weighted by molar-refractivity contribution is 0.150. The molecule has 2 atom stereocenters. The maximum absolute atomic E-state index is 3.86. The van der Waals surface area contributed by atoms with Gasteiger partial charge in [0.2, 0.25) is 0 Å². The second-order valence-corrected chi connectivity index (χ2v) is 3.81. The number of nitrogens with one attached hydrogen (secondary N) is 1. The van der Waals surface area contributed by atoms with E-state index in [4.69, 9.17) is 0 Å². The highest BCUT2D eigenvalue weighted by molar-refractivity contribution is 4.89. The van der Waals surface area contributed by atoms with Crippen LogP contribution in [0, 0.1) is 0 Å². The molecule has 13 heavy (non-hydrogen) atoms. The Kier molecular flexibility index (Phi) is 4.46. The molecule has 0 saturated carbocycles. The fourth-order valence-electron chi connectivity index (χ4n) is 2.13. The summed E-state index contributed by atoms with van der Waals surface area (Å²) in [7, 11) is 0. The van der Waals surface area contributed by atoms with Crippen LogP contribution in [-0.2, 0) is 0 Å². The minimum atomic E-state index is 0.509. The van der Waals surface area contributed by atoms with Crippen molar-refractivity contribution in [3.05, 3.63) is 12.7 Å². The van der Waals surface area contributed by atoms with E-state index >= 15 is 0 Å². The molecule has 0 aromatic heterocycles. The van der Waals surface area contributed by atoms with Crippen LogP contribution in [0.4, 0.5) is 0 Å². The van der Waals surface area contributed by atoms with E-state index in [1.807, 2.05) is 6.08 Å². The molecule has 1 rings (SSSR count). The van der Waals surface area contributed by atoms with Crippen LogP contribution < -0.4 is 5.32 Å². The summed E-state index contributed by atoms with van der Waals surface area (Å²) in [5.41, 5.74) is 0. The Balaban J connectivity index is 2.48. The normalized spacial score (nSPS) is 25.9. The van der Waals surface area contributed by atoms with Crippen molar-refractivity contribution < 1.29 is 0 Å². The lowest BCUT2D eigenvalue weighted by Crippen LogP contribution is -2.48. The summed E-state index contributed by atoms with van der Waals surface area (Å²) < 4.78 is 0. The third-order valence-electron chi connectivity index (χ3n) is 2.97. The molecule has 1 aliphatic rings. The fraction of sp³-hybridized carbons (Fsp3) is 0.818. The van der Waals surface area contributed by atoms with Crippen molar-refractivity contribution in [1.29, 1.82) is 0 Å². The quantitative estimate of drug-likeness (QED) is 0.665. The Morgan fingerprint density at radius 2 is 2.46 bits per heavy atom. The molecule has 0 spiro atoms. The van der Waals surface area contributed by atoms with Crippen LogP contribution in [0.25, 0.3) is 0 Å². The average Bonchev–Trinajstić information content (AvgIpc) is 2.20. The largest absolute Gasteiger partial charge is 0.315 e. The summed E-state index contributed by atoms with van der Waals surface area (Å²) in [6, 6.07) is 1.22. The Morgan fingerprint density at radius 1 is 1.69 bits per heavy atom. The number of likely N-dealkylation sites (N-methyl/N-ethyl adjacent to an activating group) is 1. The SMILES string of the molecule is C=CC(C)N(CC)C1CCCNC1. The molecule has 0 aliphatic carbocycles. The summed E-state index contributed by atoms with van der Waals surface area (Å²) >= 11 is 0. The molecule has 0 aromatic carbocycles. The molecule has 0 aromatic rings. The van der Waals surface area contributed by atoms with Crippen molar-refractivity contribution in [2.45, 2.75) is 38.8 Å². The van der Waals surface area contributed by atoms with Gasteiger partial charge in [-0.1, -0.05) is 13.0 Å². The molecule has 2 unspecified atom stereocenters. The van der Waals surface area contributed by atoms with Crippen LogP contribution in [0.15, 0.2) is 12.7 Å². The van der Waals surface area contributed by atoms with E-state index in [-0.39, 0.29) is 0 Å². The molecule has 2 nitrogen and oxygen atoms in total. The van der Waals surface area contributed by atoms with Gasteiger partial charge in [-0.25, -0.2) is 0 Å². The van der Waals surface area contributed by atoms with Crippen LogP contribution in [0.3, 0.4) is 0 Å². The minimum Gasteiger partial charge on any atom is -0.315 e. The monoisotopic (exact) mass is 182 g/mol. The fourth-order valence-corrected chi connectivity index (χ4v) is 2.13. The standard InChI is InChI=1S/C11H22N2/c1-4-10(3)13(5-2)11-7-6-8-12-9-11/h4,10-12H,1,5-9H2,2-3H3. The lowest BCUT2D eigenvalue weighted by Gasteiger charge is -2.36. The highest BCUT2D eigenvalue weighted by Gasteiger charge is 2.21. The van der Waals surface area contributed by atoms with Gasteiger partial charge in [0.25, 0.3) is 0 Å². The molecule has 0 radical (unpaired) electrons. The molecule has 1 fully saturated rings. The molecule has 1 heterocycles. The van der Waals surface area contributed by atoms with Crippen molar-refractivity contribution in [2.24, 2.45) is 0 Å². The molecule has 0 amide bonds. The first-order chi connectivity index (χ1) is 6.29. The Hall–Kier alpha value is -0.340. The molecule has 1 aliphatic heterocycles. The van der Waals surface area contributed by atoms with Gasteiger partial charge in [0, 0.05) is 18.6 Å². The first-order valence-electron chi connectivity index (χ1n) is 5.38. The van der Waals surface area contributed by atoms with Gasteiger partial charge >= 0.3 is 0 Å². The highest BCUT2D eigenvalue weighted by Crippen LogP contribution is 2.13. The third kappa shape index (κ3) is 2.82. The van der Waals surface area contributed by atoms with Gasteiger partial charge in [-0.15, -0.1) is 6.58 Å². The molecular formula is C11H22N2. The van der Waals surface area contributed by atoms with E-state index < -0.39 is 0 Å². The van der Waals surface area contributed by atoms with E-state index in [9.17, 15) is 0 Å². The summed E-state index contributed by atoms with van der Waals surface area (Å²) in [5.74, 6) is 0. The van der Waals surface area contributed by atoms with Crippen molar-refractivity contribution in [3.63, 3.8) is 0 Å². The van der Waals surface area contributed by atoms with Crippen LogP contribution in [0.2, 0.25) is 0 Å². The highest BCUT2D eigenvalue weighted by atomic mass is 15.2. The van der Waals surface area contributed by atoms with Gasteiger partial charge in [0.15, 0.2) is 0 Å². The zero-order valence-electron chi connectivity index (χ0n) is 8.92. The number of hydrogen-bond acceptors (Lipinski definition) is 2. The van der Waals surface area contributed by atoms with E-state index in [2.05, 4.69) is 30.6 Å². The Bertz CT molecular complexity index is 150. The third-order valence-corrected chi connectivity index (χ3v) is 2.97. The van der Waals surface area contributed by atoms with E-state index in [1.54, 1.807) is 0 Å². The zero-order valence-corrected chi connectivity index (χ0v) is 8.92. The summed E-state index contributed by atoms with van der Waals surface area (Å²) in [6.45, 7) is 11.8. The summed E-state index contributed by atoms with van der Waals surface area (Å²) in [6.07, 6.45) is 4.68. The second-order valence-electron chi connectivity index (χ2n) is 3.81. The van der Waals surface area contributed by atoms with Crippen molar-refractivity contribution in [1.82, 2.24) is 10.2 Å². The Morgan fingerprint density at radius 3 is 2.92 bits per heavy atom. The van der Waals surface area contributed by atoms with E-state index in [0.717, 1.165) is 13.1 Å². The predicted molar refractivity (Wildman–Crippen MR) is 57.9 cm³/mol. The van der Waals surface area contributed by atoms with Gasteiger partial charge in [0.1, 0.15) is 0 Å². The maximum Gasteiger partial charge on any atom is 0.0250 e. The van der Waals surface area contributed by atoms with Crippen LogP contribution in [-0.4, -0.2) is 36.6 Å². The molecule has 1 saturated heterocycles. The van der Waals surface area contributed by atoms with Gasteiger partial charge in [-0.05, 0) is 32.9 Å². The predicted octanol–water partition coefficient (Wildman–Crippen LogP) is 1.63. The molecule has 0 bridgehead atoms. The van der Waals surface area contributed by atoms with Gasteiger partial charge in [-0.3, -0.25) is 4.90 Å². The Labute approximate surface area is 82.0 Å². The topological polar surface area (TPSA) is 15.3 Å². The van der Waals surface area contributed by atoms with Crippen molar-refractivity contribution in [2.75, 3.05) is 19.6 Å². The van der Waals surface area contributed by atoms with E-state index in [1.165, 1.54) is 19.4 Å². The summed E-state index contributed by atoms with van der Waals surface area (Å²) in [4.78, 5) is 2.53. The first-order valence-corrected chi connectivity index (χ1v) is 5.38. The molecule has 1 N–H and O–H groups in total. The molecule has 2 heteroatoms. The average molecular weight is 182 g/mol. The summed E-state index contributed by atoms with van der Waals surface area (Å²) in [5, 5.41) is 3.45. The van der Waals surface area contributed by atoms with Crippen LogP contribution in [0.5, 0.6) is 0 Å². The smallest absolute Gasteiger partial charge is 0.0250 e. The van der Waals surface area contributed by atoms with Crippen LogP contribution in [0.1, 0.15) is 26.7 Å². The van der Waals surface area contributed by atoms with Gasteiger partial charge in [-0.2, -0.15) is 0 Å². The van der Waals surface area contributed by atoms with Crippen molar-refractivity contribution in [3.8, 4) is 0 Å². The first kappa shape index (κ1) is 10.7. The molecule has 76 valence electrons. The van der Waals surface area contributed by atoms with Crippen molar-refractivity contribution >= 4 is 0 Å². The lowest BCUT2D eigenvalue weighted by atomic mass is 10.0. The number of hydrogen-bond donors (Lipinski definition) is 1. The number of rotatable bonds is 4.